The Kier molecular flexibility index (Phi) is 9.85. The standard InChI is InChI=1S/C31H32N2O6/c34-29(35)11-2-1-7-20-39-28-10-4-3-9-27(28)31(37)33(19-16-26-8-5-6-18-32-26)30(36)24-14-12-23(13-15-24)25-17-21-38-22-25/h3-6,8-10,12-15,17-18,21-22,31,37H,1-2,7,11,16,19-20H2,(H,34,35). The molecule has 8 nitrogen and oxygen atoms in total. The summed E-state index contributed by atoms with van der Waals surface area (Å²) in [7, 11) is 0. The van der Waals surface area contributed by atoms with E-state index in [1.165, 1.54) is 4.90 Å². The maximum atomic E-state index is 13.7. The van der Waals surface area contributed by atoms with Gasteiger partial charge in [0.1, 0.15) is 5.75 Å². The van der Waals surface area contributed by atoms with Crippen molar-refractivity contribution in [3.63, 3.8) is 0 Å². The van der Waals surface area contributed by atoms with Crippen LogP contribution in [0, 0.1) is 0 Å². The van der Waals surface area contributed by atoms with Crippen LogP contribution in [-0.2, 0) is 11.2 Å². The number of aromatic nitrogens is 1. The fraction of sp³-hybridized carbons (Fsp3) is 0.258. The molecule has 0 aliphatic rings. The molecule has 4 aromatic rings. The Bertz CT molecular complexity index is 1320. The van der Waals surface area contributed by atoms with E-state index in [4.69, 9.17) is 14.3 Å². The van der Waals surface area contributed by atoms with Gasteiger partial charge in [-0.25, -0.2) is 0 Å². The molecule has 2 aromatic heterocycles. The first kappa shape index (κ1) is 27.6. The first-order valence-corrected chi connectivity index (χ1v) is 13.0. The van der Waals surface area contributed by atoms with E-state index in [0.717, 1.165) is 23.2 Å². The lowest BCUT2D eigenvalue weighted by Crippen LogP contribution is -2.37. The molecule has 0 aliphatic heterocycles. The molecule has 2 N–H and O–H groups in total. The van der Waals surface area contributed by atoms with Crippen LogP contribution in [0.4, 0.5) is 0 Å². The van der Waals surface area contributed by atoms with Crippen LogP contribution in [0.5, 0.6) is 5.75 Å². The summed E-state index contributed by atoms with van der Waals surface area (Å²) in [4.78, 5) is 30.2. The molecule has 2 heterocycles. The lowest BCUT2D eigenvalue weighted by atomic mass is 10.1. The Morgan fingerprint density at radius 2 is 1.72 bits per heavy atom. The van der Waals surface area contributed by atoms with E-state index in [-0.39, 0.29) is 18.9 Å². The number of rotatable bonds is 14. The van der Waals surface area contributed by atoms with E-state index < -0.39 is 12.2 Å². The maximum Gasteiger partial charge on any atom is 0.303 e. The molecule has 202 valence electrons. The number of aliphatic hydroxyl groups is 1. The number of carboxylic acid groups (broad SMARTS) is 1. The average molecular weight is 529 g/mol. The lowest BCUT2D eigenvalue weighted by Gasteiger charge is -2.29. The Balaban J connectivity index is 1.51. The predicted octanol–water partition coefficient (Wildman–Crippen LogP) is 5.74. The molecule has 0 fully saturated rings. The van der Waals surface area contributed by atoms with Gasteiger partial charge in [-0.2, -0.15) is 0 Å². The number of aliphatic hydroxyl groups excluding tert-OH is 1. The third-order valence-corrected chi connectivity index (χ3v) is 6.37. The van der Waals surface area contributed by atoms with Crippen molar-refractivity contribution in [1.29, 1.82) is 0 Å². The monoisotopic (exact) mass is 528 g/mol. The van der Waals surface area contributed by atoms with Crippen molar-refractivity contribution in [2.24, 2.45) is 0 Å². The summed E-state index contributed by atoms with van der Waals surface area (Å²) in [5.41, 5.74) is 3.56. The van der Waals surface area contributed by atoms with Gasteiger partial charge in [0, 0.05) is 48.0 Å². The van der Waals surface area contributed by atoms with Crippen LogP contribution in [0.3, 0.4) is 0 Å². The van der Waals surface area contributed by atoms with Gasteiger partial charge in [0.25, 0.3) is 5.91 Å². The minimum Gasteiger partial charge on any atom is -0.493 e. The van der Waals surface area contributed by atoms with Crippen molar-refractivity contribution >= 4 is 11.9 Å². The number of hydrogen-bond acceptors (Lipinski definition) is 6. The highest BCUT2D eigenvalue weighted by Crippen LogP contribution is 2.30. The smallest absolute Gasteiger partial charge is 0.303 e. The highest BCUT2D eigenvalue weighted by Gasteiger charge is 2.27. The summed E-state index contributed by atoms with van der Waals surface area (Å²) in [6, 6.07) is 21.7. The van der Waals surface area contributed by atoms with Crippen LogP contribution in [0.15, 0.2) is 95.9 Å². The number of furan rings is 1. The van der Waals surface area contributed by atoms with Crippen molar-refractivity contribution in [1.82, 2.24) is 9.88 Å². The fourth-order valence-corrected chi connectivity index (χ4v) is 4.25. The van der Waals surface area contributed by atoms with Crippen molar-refractivity contribution < 1.29 is 29.0 Å². The van der Waals surface area contributed by atoms with E-state index in [9.17, 15) is 14.7 Å². The zero-order chi connectivity index (χ0) is 27.5. The number of carbonyl (C=O) groups excluding carboxylic acids is 1. The summed E-state index contributed by atoms with van der Waals surface area (Å²) in [6.45, 7) is 0.616. The molecule has 39 heavy (non-hydrogen) atoms. The average Bonchev–Trinajstić information content (AvgIpc) is 3.51. The van der Waals surface area contributed by atoms with Gasteiger partial charge in [-0.3, -0.25) is 14.6 Å². The number of ether oxygens (including phenoxy) is 1. The molecule has 0 saturated carbocycles. The first-order chi connectivity index (χ1) is 19.0. The molecule has 2 aromatic carbocycles. The molecule has 0 bridgehead atoms. The predicted molar refractivity (Wildman–Crippen MR) is 146 cm³/mol. The SMILES string of the molecule is O=C(O)CCCCCOc1ccccc1C(O)N(CCc1ccccn1)C(=O)c1ccc(-c2ccoc2)cc1. The van der Waals surface area contributed by atoms with E-state index in [0.29, 0.717) is 42.7 Å². The quantitative estimate of drug-likeness (QED) is 0.158. The largest absolute Gasteiger partial charge is 0.493 e. The number of unbranched alkanes of at least 4 members (excludes halogenated alkanes) is 2. The van der Waals surface area contributed by atoms with Crippen LogP contribution >= 0.6 is 0 Å². The third kappa shape index (κ3) is 7.78. The number of carboxylic acids is 1. The highest BCUT2D eigenvalue weighted by molar-refractivity contribution is 5.95. The van der Waals surface area contributed by atoms with Gasteiger partial charge >= 0.3 is 5.97 Å². The lowest BCUT2D eigenvalue weighted by molar-refractivity contribution is -0.137. The molecular formula is C31H32N2O6. The number of nitrogens with zero attached hydrogens (tertiary/aromatic N) is 2. The third-order valence-electron chi connectivity index (χ3n) is 6.37. The van der Waals surface area contributed by atoms with Crippen LogP contribution < -0.4 is 4.74 Å². The summed E-state index contributed by atoms with van der Waals surface area (Å²) >= 11 is 0. The van der Waals surface area contributed by atoms with Crippen LogP contribution in [0.1, 0.15) is 53.5 Å². The zero-order valence-electron chi connectivity index (χ0n) is 21.6. The topological polar surface area (TPSA) is 113 Å². The Morgan fingerprint density at radius 3 is 2.44 bits per heavy atom. The van der Waals surface area contributed by atoms with Crippen LogP contribution in [0.25, 0.3) is 11.1 Å². The molecule has 4 rings (SSSR count). The number of aliphatic carboxylic acids is 1. The second-order valence-corrected chi connectivity index (χ2v) is 9.12. The van der Waals surface area contributed by atoms with Crippen molar-refractivity contribution in [2.75, 3.05) is 13.2 Å². The maximum absolute atomic E-state index is 13.7. The van der Waals surface area contributed by atoms with Gasteiger partial charge in [-0.05, 0) is 61.2 Å². The van der Waals surface area contributed by atoms with Gasteiger partial charge in [0.15, 0.2) is 6.23 Å². The van der Waals surface area contributed by atoms with Crippen molar-refractivity contribution in [3.8, 4) is 16.9 Å². The molecule has 0 saturated heterocycles. The van der Waals surface area contributed by atoms with E-state index in [1.54, 1.807) is 49.1 Å². The van der Waals surface area contributed by atoms with Gasteiger partial charge < -0.3 is 24.3 Å². The number of para-hydroxylation sites is 1. The second-order valence-electron chi connectivity index (χ2n) is 9.12. The van der Waals surface area contributed by atoms with Gasteiger partial charge in [-0.15, -0.1) is 0 Å². The minimum absolute atomic E-state index is 0.131. The molecular weight excluding hydrogens is 496 g/mol. The summed E-state index contributed by atoms with van der Waals surface area (Å²) in [6.07, 6.45) is 6.27. The second kappa shape index (κ2) is 13.9. The van der Waals surface area contributed by atoms with Crippen LogP contribution in [-0.4, -0.2) is 45.1 Å². The number of amides is 1. The minimum atomic E-state index is -1.25. The highest BCUT2D eigenvalue weighted by atomic mass is 16.5. The van der Waals surface area contributed by atoms with Crippen LogP contribution in [0.2, 0.25) is 0 Å². The number of pyridine rings is 1. The number of carbonyl (C=O) groups is 2. The first-order valence-electron chi connectivity index (χ1n) is 13.0. The number of hydrogen-bond donors (Lipinski definition) is 2. The normalized spacial score (nSPS) is 11.6. The molecule has 1 unspecified atom stereocenters. The molecule has 8 heteroatoms. The van der Waals surface area contributed by atoms with Gasteiger partial charge in [0.05, 0.1) is 19.1 Å². The van der Waals surface area contributed by atoms with E-state index >= 15 is 0 Å². The summed E-state index contributed by atoms with van der Waals surface area (Å²) in [5.74, 6) is -0.647. The Hall–Kier alpha value is -4.43. The van der Waals surface area contributed by atoms with Crippen molar-refractivity contribution in [2.45, 2.75) is 38.3 Å². The molecule has 0 spiro atoms. The molecule has 0 radical (unpaired) electrons. The molecule has 1 amide bonds. The number of benzene rings is 2. The van der Waals surface area contributed by atoms with E-state index in [2.05, 4.69) is 4.98 Å². The Labute approximate surface area is 227 Å². The van der Waals surface area contributed by atoms with Gasteiger partial charge in [-0.1, -0.05) is 36.4 Å². The van der Waals surface area contributed by atoms with Gasteiger partial charge in [0.2, 0.25) is 0 Å². The molecule has 0 aliphatic carbocycles. The summed E-state index contributed by atoms with van der Waals surface area (Å²) < 4.78 is 11.1. The Morgan fingerprint density at radius 1 is 0.923 bits per heavy atom. The zero-order valence-corrected chi connectivity index (χ0v) is 21.6. The van der Waals surface area contributed by atoms with E-state index in [1.807, 2.05) is 42.5 Å². The van der Waals surface area contributed by atoms with Crippen molar-refractivity contribution in [3.05, 3.63) is 108 Å². The summed E-state index contributed by atoms with van der Waals surface area (Å²) in [5, 5.41) is 20.3. The fourth-order valence-electron chi connectivity index (χ4n) is 4.25. The molecule has 1 atom stereocenters.